The number of aromatic nitrogens is 1. The van der Waals surface area contributed by atoms with Gasteiger partial charge in [-0.3, -0.25) is 4.79 Å². The summed E-state index contributed by atoms with van der Waals surface area (Å²) in [4.78, 5) is 18.1. The Bertz CT molecular complexity index is 942. The maximum atomic E-state index is 13.5. The van der Waals surface area contributed by atoms with Gasteiger partial charge in [0.05, 0.1) is 12.1 Å². The van der Waals surface area contributed by atoms with Gasteiger partial charge in [0, 0.05) is 76.3 Å². The molecule has 5 rings (SSSR count). The van der Waals surface area contributed by atoms with Crippen LogP contribution in [0.3, 0.4) is 0 Å². The topological polar surface area (TPSA) is 59.0 Å². The molecule has 1 atom stereocenters. The highest BCUT2D eigenvalue weighted by atomic mass is 16.5. The summed E-state index contributed by atoms with van der Waals surface area (Å²) in [5, 5.41) is 4.63. The monoisotopic (exact) mass is 454 g/mol. The summed E-state index contributed by atoms with van der Waals surface area (Å²) in [7, 11) is 1.76. The molecule has 1 amide bonds. The summed E-state index contributed by atoms with van der Waals surface area (Å²) in [6.45, 7) is 6.58. The Morgan fingerprint density at radius 3 is 2.82 bits per heavy atom. The van der Waals surface area contributed by atoms with Crippen LogP contribution in [-0.2, 0) is 27.4 Å². The van der Waals surface area contributed by atoms with Crippen molar-refractivity contribution >= 4 is 22.5 Å². The van der Waals surface area contributed by atoms with Crippen molar-refractivity contribution in [3.63, 3.8) is 0 Å². The van der Waals surface area contributed by atoms with Crippen LogP contribution in [-0.4, -0.2) is 74.0 Å². The van der Waals surface area contributed by atoms with Gasteiger partial charge in [-0.1, -0.05) is 6.07 Å². The summed E-state index contributed by atoms with van der Waals surface area (Å²) in [5.74, 6) is 0.139. The molecule has 2 aromatic rings. The quantitative estimate of drug-likeness (QED) is 0.590. The molecule has 1 aliphatic carbocycles. The van der Waals surface area contributed by atoms with Gasteiger partial charge in [0.2, 0.25) is 0 Å². The lowest BCUT2D eigenvalue weighted by Gasteiger charge is -2.31. The summed E-state index contributed by atoms with van der Waals surface area (Å²) in [6.07, 6.45) is 8.90. The van der Waals surface area contributed by atoms with E-state index in [9.17, 15) is 4.79 Å². The maximum absolute atomic E-state index is 13.5. The van der Waals surface area contributed by atoms with Gasteiger partial charge >= 0.3 is 0 Å². The number of piperidine rings is 1. The fourth-order valence-corrected chi connectivity index (χ4v) is 5.37. The highest BCUT2D eigenvalue weighted by Gasteiger charge is 2.37. The van der Waals surface area contributed by atoms with Crippen LogP contribution in [0.2, 0.25) is 0 Å². The molecular formula is C26H38N4O3. The first-order valence-electron chi connectivity index (χ1n) is 12.7. The first-order valence-corrected chi connectivity index (χ1v) is 12.7. The summed E-state index contributed by atoms with van der Waals surface area (Å²) >= 11 is 0. The van der Waals surface area contributed by atoms with Gasteiger partial charge in [-0.25, -0.2) is 0 Å². The van der Waals surface area contributed by atoms with Crippen LogP contribution >= 0.6 is 0 Å². The Morgan fingerprint density at radius 2 is 2.09 bits per heavy atom. The van der Waals surface area contributed by atoms with Gasteiger partial charge in [0.15, 0.2) is 0 Å². The van der Waals surface area contributed by atoms with Crippen molar-refractivity contribution in [1.82, 2.24) is 14.8 Å². The maximum Gasteiger partial charge on any atom is 0.253 e. The first-order chi connectivity index (χ1) is 16.3. The highest BCUT2D eigenvalue weighted by Crippen LogP contribution is 2.36. The van der Waals surface area contributed by atoms with E-state index in [1.807, 2.05) is 0 Å². The van der Waals surface area contributed by atoms with Crippen molar-refractivity contribution in [3.8, 4) is 0 Å². The fourth-order valence-electron chi connectivity index (χ4n) is 5.37. The van der Waals surface area contributed by atoms with E-state index in [1.54, 1.807) is 7.11 Å². The van der Waals surface area contributed by atoms with Crippen molar-refractivity contribution in [2.24, 2.45) is 0 Å². The first kappa shape index (κ1) is 22.7. The Kier molecular flexibility index (Phi) is 7.19. The molecule has 3 fully saturated rings. The number of hydrogen-bond acceptors (Lipinski definition) is 5. The summed E-state index contributed by atoms with van der Waals surface area (Å²) in [5.41, 5.74) is 3.85. The van der Waals surface area contributed by atoms with Crippen LogP contribution < -0.4 is 10.2 Å². The number of aryl methyl sites for hydroxylation is 1. The number of nitrogens with one attached hydrogen (secondary N) is 1. The van der Waals surface area contributed by atoms with Crippen LogP contribution in [0, 0.1) is 0 Å². The average Bonchev–Trinajstić information content (AvgIpc) is 3.65. The van der Waals surface area contributed by atoms with Crippen molar-refractivity contribution in [1.29, 1.82) is 0 Å². The Morgan fingerprint density at radius 1 is 1.24 bits per heavy atom. The number of carbonyl (C=O) groups is 1. The van der Waals surface area contributed by atoms with Crippen LogP contribution in [0.1, 0.15) is 44.1 Å². The minimum Gasteiger partial charge on any atom is -0.385 e. The van der Waals surface area contributed by atoms with Crippen LogP contribution in [0.25, 0.3) is 10.9 Å². The van der Waals surface area contributed by atoms with Crippen molar-refractivity contribution in [2.75, 3.05) is 51.4 Å². The summed E-state index contributed by atoms with van der Waals surface area (Å²) < 4.78 is 13.5. The molecule has 7 heteroatoms. The lowest BCUT2D eigenvalue weighted by molar-refractivity contribution is -0.146. The number of nitrogens with zero attached hydrogens (tertiary/aromatic N) is 3. The molecule has 1 aromatic heterocycles. The summed E-state index contributed by atoms with van der Waals surface area (Å²) in [6, 6.07) is 7.04. The van der Waals surface area contributed by atoms with E-state index in [4.69, 9.17) is 9.47 Å². The number of benzene rings is 1. The van der Waals surface area contributed by atoms with E-state index >= 15 is 0 Å². The van der Waals surface area contributed by atoms with Crippen molar-refractivity contribution in [3.05, 3.63) is 30.0 Å². The molecule has 1 N–H and O–H groups in total. The number of morpholine rings is 1. The Labute approximate surface area is 197 Å². The molecule has 0 spiro atoms. The molecule has 2 saturated heterocycles. The second-order valence-electron chi connectivity index (χ2n) is 9.67. The molecule has 0 bridgehead atoms. The van der Waals surface area contributed by atoms with E-state index in [1.165, 1.54) is 41.4 Å². The molecule has 0 radical (unpaired) electrons. The lowest BCUT2D eigenvalue weighted by Crippen LogP contribution is -2.49. The van der Waals surface area contributed by atoms with Gasteiger partial charge in [0.25, 0.3) is 5.91 Å². The van der Waals surface area contributed by atoms with Gasteiger partial charge in [-0.05, 0) is 56.2 Å². The molecule has 3 aliphatic rings. The van der Waals surface area contributed by atoms with E-state index in [0.717, 1.165) is 52.0 Å². The molecule has 1 saturated carbocycles. The van der Waals surface area contributed by atoms with Gasteiger partial charge in [-0.2, -0.15) is 0 Å². The number of hydrogen-bond donors (Lipinski definition) is 1. The van der Waals surface area contributed by atoms with Crippen LogP contribution in [0.4, 0.5) is 5.69 Å². The third-order valence-electron chi connectivity index (χ3n) is 7.22. The average molecular weight is 455 g/mol. The molecule has 1 aromatic carbocycles. The number of anilines is 1. The molecule has 33 heavy (non-hydrogen) atoms. The predicted molar refractivity (Wildman–Crippen MR) is 131 cm³/mol. The number of carbonyl (C=O) groups excluding carboxylic acids is 1. The van der Waals surface area contributed by atoms with Gasteiger partial charge in [-0.15, -0.1) is 0 Å². The standard InChI is InChI=1S/C26H38N4O3/c1-32-15-6-14-29-18-20(19-30(21-9-10-21)26(31)24-17-27-11-16-33-24)25-22(7-5-8-23(25)29)28-12-3-2-4-13-28/h5,7-8,18,21,24,27H,2-4,6,9-17,19H2,1H3/t24-/m1/s1. The van der Waals surface area contributed by atoms with E-state index in [0.29, 0.717) is 25.7 Å². The largest absolute Gasteiger partial charge is 0.385 e. The van der Waals surface area contributed by atoms with E-state index < -0.39 is 0 Å². The molecule has 0 unspecified atom stereocenters. The number of rotatable bonds is 9. The number of fused-ring (bicyclic) bond motifs is 1. The lowest BCUT2D eigenvalue weighted by atomic mass is 10.1. The minimum absolute atomic E-state index is 0.139. The number of amides is 1. The van der Waals surface area contributed by atoms with E-state index in [-0.39, 0.29) is 12.0 Å². The third-order valence-corrected chi connectivity index (χ3v) is 7.22. The zero-order chi connectivity index (χ0) is 22.6. The second kappa shape index (κ2) is 10.5. The smallest absolute Gasteiger partial charge is 0.253 e. The molecular weight excluding hydrogens is 416 g/mol. The normalized spacial score (nSPS) is 21.5. The van der Waals surface area contributed by atoms with Gasteiger partial charge < -0.3 is 29.2 Å². The predicted octanol–water partition coefficient (Wildman–Crippen LogP) is 3.15. The molecule has 180 valence electrons. The van der Waals surface area contributed by atoms with Crippen molar-refractivity contribution < 1.29 is 14.3 Å². The molecule has 2 aliphatic heterocycles. The van der Waals surface area contributed by atoms with Crippen molar-refractivity contribution in [2.45, 2.75) is 63.8 Å². The van der Waals surface area contributed by atoms with Gasteiger partial charge in [0.1, 0.15) is 6.10 Å². The number of methoxy groups -OCH3 is 1. The Balaban J connectivity index is 1.48. The SMILES string of the molecule is COCCCn1cc(CN(C(=O)[C@H]2CNCCO2)C2CC2)c2c(N3CCCCC3)cccc21. The zero-order valence-electron chi connectivity index (χ0n) is 19.9. The number of ether oxygens (including phenoxy) is 2. The highest BCUT2D eigenvalue weighted by molar-refractivity contribution is 5.96. The fraction of sp³-hybridized carbons (Fsp3) is 0.654. The third kappa shape index (κ3) is 5.05. The van der Waals surface area contributed by atoms with Crippen LogP contribution in [0.5, 0.6) is 0 Å². The minimum atomic E-state index is -0.365. The second-order valence-corrected chi connectivity index (χ2v) is 9.67. The van der Waals surface area contributed by atoms with Crippen LogP contribution in [0.15, 0.2) is 24.4 Å². The zero-order valence-corrected chi connectivity index (χ0v) is 19.9. The molecule has 3 heterocycles. The van der Waals surface area contributed by atoms with E-state index in [2.05, 4.69) is 44.1 Å². The molecule has 7 nitrogen and oxygen atoms in total. The Hall–Kier alpha value is -2.09.